The van der Waals surface area contributed by atoms with Gasteiger partial charge in [0, 0.05) is 6.04 Å². The van der Waals surface area contributed by atoms with Crippen LogP contribution in [0.1, 0.15) is 37.3 Å². The standard InChI is InChI=1S/C15H20F3N/c1-11-7-8-19-14(9-11)6-5-12-3-2-4-13(10-12)15(16,17)18/h2-4,10-11,14,19H,5-9H2,1H3. The van der Waals surface area contributed by atoms with Gasteiger partial charge in [0.25, 0.3) is 0 Å². The lowest BCUT2D eigenvalue weighted by Crippen LogP contribution is -2.37. The van der Waals surface area contributed by atoms with Crippen LogP contribution in [0.3, 0.4) is 0 Å². The Morgan fingerprint density at radius 1 is 1.32 bits per heavy atom. The van der Waals surface area contributed by atoms with Crippen LogP contribution >= 0.6 is 0 Å². The summed E-state index contributed by atoms with van der Waals surface area (Å²) in [7, 11) is 0. The Balaban J connectivity index is 1.92. The average Bonchev–Trinajstić information content (AvgIpc) is 2.36. The third-order valence-electron chi connectivity index (χ3n) is 3.79. The van der Waals surface area contributed by atoms with Crippen LogP contribution in [0.4, 0.5) is 13.2 Å². The highest BCUT2D eigenvalue weighted by Crippen LogP contribution is 2.30. The highest BCUT2D eigenvalue weighted by atomic mass is 19.4. The first kappa shape index (κ1) is 14.4. The van der Waals surface area contributed by atoms with E-state index in [1.54, 1.807) is 6.07 Å². The molecular weight excluding hydrogens is 251 g/mol. The van der Waals surface area contributed by atoms with Crippen LogP contribution in [0.2, 0.25) is 0 Å². The first-order valence-electron chi connectivity index (χ1n) is 6.84. The van der Waals surface area contributed by atoms with E-state index >= 15 is 0 Å². The molecule has 1 N–H and O–H groups in total. The molecule has 106 valence electrons. The van der Waals surface area contributed by atoms with Crippen LogP contribution in [0.5, 0.6) is 0 Å². The summed E-state index contributed by atoms with van der Waals surface area (Å²) in [5, 5.41) is 3.44. The molecule has 2 unspecified atom stereocenters. The van der Waals surface area contributed by atoms with Crippen LogP contribution in [-0.2, 0) is 12.6 Å². The van der Waals surface area contributed by atoms with Crippen molar-refractivity contribution in [2.75, 3.05) is 6.54 Å². The molecule has 0 bridgehead atoms. The third-order valence-corrected chi connectivity index (χ3v) is 3.79. The van der Waals surface area contributed by atoms with E-state index in [-0.39, 0.29) is 0 Å². The van der Waals surface area contributed by atoms with E-state index in [1.807, 2.05) is 0 Å². The van der Waals surface area contributed by atoms with E-state index in [1.165, 1.54) is 18.6 Å². The van der Waals surface area contributed by atoms with E-state index in [0.29, 0.717) is 18.4 Å². The predicted molar refractivity (Wildman–Crippen MR) is 70.0 cm³/mol. The van der Waals surface area contributed by atoms with E-state index < -0.39 is 11.7 Å². The molecule has 0 aromatic heterocycles. The Labute approximate surface area is 112 Å². The number of benzene rings is 1. The van der Waals surface area contributed by atoms with Gasteiger partial charge in [0.2, 0.25) is 0 Å². The third kappa shape index (κ3) is 4.23. The number of piperidine rings is 1. The van der Waals surface area contributed by atoms with Gasteiger partial charge in [-0.15, -0.1) is 0 Å². The summed E-state index contributed by atoms with van der Waals surface area (Å²) in [5.41, 5.74) is 0.227. The molecule has 1 nitrogen and oxygen atoms in total. The first-order valence-corrected chi connectivity index (χ1v) is 6.84. The summed E-state index contributed by atoms with van der Waals surface area (Å²) in [5.74, 6) is 0.716. The van der Waals surface area contributed by atoms with Crippen LogP contribution < -0.4 is 5.32 Å². The molecule has 0 spiro atoms. The second-order valence-electron chi connectivity index (χ2n) is 5.52. The molecule has 1 aromatic carbocycles. The van der Waals surface area contributed by atoms with Gasteiger partial charge in [-0.1, -0.05) is 25.1 Å². The fraction of sp³-hybridized carbons (Fsp3) is 0.600. The van der Waals surface area contributed by atoms with Gasteiger partial charge in [-0.2, -0.15) is 13.2 Å². The zero-order valence-electron chi connectivity index (χ0n) is 11.1. The van der Waals surface area contributed by atoms with Crippen molar-refractivity contribution in [3.8, 4) is 0 Å². The summed E-state index contributed by atoms with van der Waals surface area (Å²) in [6.45, 7) is 3.26. The predicted octanol–water partition coefficient (Wildman–Crippen LogP) is 4.03. The molecule has 1 saturated heterocycles. The summed E-state index contributed by atoms with van der Waals surface area (Å²) in [6.07, 6.45) is -0.313. The fourth-order valence-electron chi connectivity index (χ4n) is 2.68. The van der Waals surface area contributed by atoms with Gasteiger partial charge in [-0.25, -0.2) is 0 Å². The van der Waals surface area contributed by atoms with Crippen LogP contribution in [0, 0.1) is 5.92 Å². The molecule has 19 heavy (non-hydrogen) atoms. The number of hydrogen-bond acceptors (Lipinski definition) is 1. The van der Waals surface area contributed by atoms with Gasteiger partial charge in [0.15, 0.2) is 0 Å². The second-order valence-corrected chi connectivity index (χ2v) is 5.52. The zero-order valence-corrected chi connectivity index (χ0v) is 11.1. The molecular formula is C15H20F3N. The normalized spacial score (nSPS) is 24.4. The lowest BCUT2D eigenvalue weighted by Gasteiger charge is -2.28. The number of aryl methyl sites for hydroxylation is 1. The minimum absolute atomic E-state index is 0.443. The minimum atomic E-state index is -4.24. The van der Waals surface area contributed by atoms with Crippen LogP contribution in [0.25, 0.3) is 0 Å². The van der Waals surface area contributed by atoms with Crippen molar-refractivity contribution in [2.24, 2.45) is 5.92 Å². The summed E-state index contributed by atoms with van der Waals surface area (Å²) >= 11 is 0. The van der Waals surface area contributed by atoms with Crippen molar-refractivity contribution in [1.82, 2.24) is 5.32 Å². The fourth-order valence-corrected chi connectivity index (χ4v) is 2.68. The molecule has 2 rings (SSSR count). The molecule has 0 amide bonds. The molecule has 1 aromatic rings. The number of rotatable bonds is 3. The lowest BCUT2D eigenvalue weighted by atomic mass is 9.91. The van der Waals surface area contributed by atoms with E-state index in [4.69, 9.17) is 0 Å². The van der Waals surface area contributed by atoms with Crippen LogP contribution in [-0.4, -0.2) is 12.6 Å². The number of halogens is 3. The van der Waals surface area contributed by atoms with E-state index in [9.17, 15) is 13.2 Å². The lowest BCUT2D eigenvalue weighted by molar-refractivity contribution is -0.137. The summed E-state index contributed by atoms with van der Waals surface area (Å²) in [4.78, 5) is 0. The molecule has 1 fully saturated rings. The highest BCUT2D eigenvalue weighted by Gasteiger charge is 2.30. The number of hydrogen-bond donors (Lipinski definition) is 1. The van der Waals surface area contributed by atoms with Gasteiger partial charge >= 0.3 is 6.18 Å². The second kappa shape index (κ2) is 5.95. The SMILES string of the molecule is CC1CCNC(CCc2cccc(C(F)(F)F)c2)C1. The maximum absolute atomic E-state index is 12.6. The van der Waals surface area contributed by atoms with Crippen molar-refractivity contribution in [3.63, 3.8) is 0 Å². The largest absolute Gasteiger partial charge is 0.416 e. The Morgan fingerprint density at radius 3 is 2.79 bits per heavy atom. The van der Waals surface area contributed by atoms with Gasteiger partial charge in [-0.3, -0.25) is 0 Å². The summed E-state index contributed by atoms with van der Waals surface area (Å²) < 4.78 is 37.8. The smallest absolute Gasteiger partial charge is 0.314 e. The maximum Gasteiger partial charge on any atom is 0.416 e. The summed E-state index contributed by atoms with van der Waals surface area (Å²) in [6, 6.07) is 6.12. The maximum atomic E-state index is 12.6. The van der Waals surface area contributed by atoms with Crippen molar-refractivity contribution in [3.05, 3.63) is 35.4 Å². The first-order chi connectivity index (χ1) is 8.95. The molecule has 1 heterocycles. The molecule has 4 heteroatoms. The topological polar surface area (TPSA) is 12.0 Å². The molecule has 0 radical (unpaired) electrons. The number of nitrogens with one attached hydrogen (secondary N) is 1. The van der Waals surface area contributed by atoms with Gasteiger partial charge in [0.05, 0.1) is 5.56 Å². The Morgan fingerprint density at radius 2 is 2.11 bits per heavy atom. The van der Waals surface area contributed by atoms with E-state index in [0.717, 1.165) is 31.0 Å². The molecule has 0 aliphatic carbocycles. The van der Waals surface area contributed by atoms with Gasteiger partial charge in [0.1, 0.15) is 0 Å². The monoisotopic (exact) mass is 271 g/mol. The molecule has 2 atom stereocenters. The van der Waals surface area contributed by atoms with E-state index in [2.05, 4.69) is 12.2 Å². The van der Waals surface area contributed by atoms with Crippen LogP contribution in [0.15, 0.2) is 24.3 Å². The average molecular weight is 271 g/mol. The Bertz CT molecular complexity index is 414. The van der Waals surface area contributed by atoms with Crippen molar-refractivity contribution >= 4 is 0 Å². The highest BCUT2D eigenvalue weighted by molar-refractivity contribution is 5.25. The zero-order chi connectivity index (χ0) is 13.9. The van der Waals surface area contributed by atoms with Crippen molar-refractivity contribution < 1.29 is 13.2 Å². The molecule has 1 aliphatic heterocycles. The van der Waals surface area contributed by atoms with Gasteiger partial charge < -0.3 is 5.32 Å². The Hall–Kier alpha value is -1.03. The van der Waals surface area contributed by atoms with Gasteiger partial charge in [-0.05, 0) is 49.8 Å². The van der Waals surface area contributed by atoms with Crippen molar-refractivity contribution in [1.29, 1.82) is 0 Å². The minimum Gasteiger partial charge on any atom is -0.314 e. The quantitative estimate of drug-likeness (QED) is 0.875. The van der Waals surface area contributed by atoms with Crippen molar-refractivity contribution in [2.45, 2.75) is 44.8 Å². The molecule has 0 saturated carbocycles. The Kier molecular flexibility index (Phi) is 4.50. The number of alkyl halides is 3. The molecule has 1 aliphatic rings.